The number of aryl methyl sites for hydroxylation is 1. The second kappa shape index (κ2) is 17.1. The fraction of sp³-hybridized carbons (Fsp3) is 0.300. The molecule has 7 N–H and O–H groups in total. The van der Waals surface area contributed by atoms with Crippen LogP contribution in [0.4, 0.5) is 0 Å². The van der Waals surface area contributed by atoms with Crippen LogP contribution in [-0.4, -0.2) is 80.3 Å². The van der Waals surface area contributed by atoms with Crippen LogP contribution in [0.3, 0.4) is 0 Å². The van der Waals surface area contributed by atoms with Gasteiger partial charge in [-0.2, -0.15) is 17.7 Å². The maximum Gasteiger partial charge on any atom is 0.251 e. The molecule has 246 valence electrons. The van der Waals surface area contributed by atoms with Crippen molar-refractivity contribution in [1.82, 2.24) is 36.4 Å². The van der Waals surface area contributed by atoms with Crippen LogP contribution in [0.15, 0.2) is 71.8 Å². The number of carbonyl (C=O) groups excluding carboxylic acids is 4. The summed E-state index contributed by atoms with van der Waals surface area (Å²) >= 11 is 3.85. The number of hydrogen-bond acceptors (Lipinski definition) is 9. The van der Waals surface area contributed by atoms with Gasteiger partial charge in [0.25, 0.3) is 5.91 Å². The molecule has 1 heterocycles. The molecule has 16 heteroatoms. The van der Waals surface area contributed by atoms with Gasteiger partial charge in [0.05, 0.1) is 47.4 Å². The van der Waals surface area contributed by atoms with Crippen LogP contribution in [0.2, 0.25) is 0 Å². The summed E-state index contributed by atoms with van der Waals surface area (Å²) in [6, 6.07) is 15.0. The molecule has 0 aliphatic heterocycles. The van der Waals surface area contributed by atoms with E-state index >= 15 is 0 Å². The second-order valence-corrected chi connectivity index (χ2v) is 12.1. The van der Waals surface area contributed by atoms with Gasteiger partial charge in [0.15, 0.2) is 0 Å². The van der Waals surface area contributed by atoms with Crippen LogP contribution in [0.25, 0.3) is 16.9 Å². The molecule has 0 saturated heterocycles. The normalized spacial score (nSPS) is 10.9. The van der Waals surface area contributed by atoms with Crippen molar-refractivity contribution >= 4 is 46.3 Å². The summed E-state index contributed by atoms with van der Waals surface area (Å²) in [4.78, 5) is 47.7. The summed E-state index contributed by atoms with van der Waals surface area (Å²) in [5.41, 5.74) is 3.93. The Labute approximate surface area is 273 Å². The molecule has 0 radical (unpaired) electrons. The molecule has 2 aromatic carbocycles. The first-order valence-electron chi connectivity index (χ1n) is 14.3. The van der Waals surface area contributed by atoms with Crippen molar-refractivity contribution in [3.05, 3.63) is 78.1 Å². The van der Waals surface area contributed by atoms with Crippen molar-refractivity contribution in [3.63, 3.8) is 0 Å². The molecule has 3 aromatic rings. The summed E-state index contributed by atoms with van der Waals surface area (Å²) < 4.78 is 24.9. The van der Waals surface area contributed by atoms with Crippen molar-refractivity contribution < 1.29 is 27.6 Å². The summed E-state index contributed by atoms with van der Waals surface area (Å²) in [5, 5.41) is 23.1. The van der Waals surface area contributed by atoms with E-state index in [0.29, 0.717) is 42.9 Å². The molecule has 46 heavy (non-hydrogen) atoms. The average Bonchev–Trinajstić information content (AvgIpc) is 3.44. The third kappa shape index (κ3) is 11.4. The average molecular weight is 671 g/mol. The number of nitrogens with two attached hydrogens (primary N) is 1. The topological polar surface area (TPSA) is 206 Å². The molecule has 0 spiro atoms. The lowest BCUT2D eigenvalue weighted by atomic mass is 10.1. The van der Waals surface area contributed by atoms with Gasteiger partial charge in [0.2, 0.25) is 27.7 Å². The van der Waals surface area contributed by atoms with Crippen molar-refractivity contribution in [2.45, 2.75) is 24.7 Å². The maximum absolute atomic E-state index is 12.6. The van der Waals surface area contributed by atoms with Gasteiger partial charge in [0, 0.05) is 29.9 Å². The van der Waals surface area contributed by atoms with E-state index < -0.39 is 15.9 Å². The van der Waals surface area contributed by atoms with E-state index in [-0.39, 0.29) is 48.0 Å². The first-order chi connectivity index (χ1) is 21.9. The molecule has 0 aliphatic rings. The largest absolute Gasteiger partial charge is 0.379 e. The molecule has 0 unspecified atom stereocenters. The van der Waals surface area contributed by atoms with Gasteiger partial charge in [-0.1, -0.05) is 18.7 Å². The first-order valence-corrected chi connectivity index (χ1v) is 16.5. The van der Waals surface area contributed by atoms with Gasteiger partial charge in [-0.3, -0.25) is 19.2 Å². The summed E-state index contributed by atoms with van der Waals surface area (Å²) in [6.45, 7) is 6.25. The Kier molecular flexibility index (Phi) is 13.3. The van der Waals surface area contributed by atoms with Crippen LogP contribution in [-0.2, 0) is 24.4 Å². The minimum Gasteiger partial charge on any atom is -0.379 e. The molecule has 1 aromatic heterocycles. The third-order valence-corrected chi connectivity index (χ3v) is 7.70. The van der Waals surface area contributed by atoms with Crippen LogP contribution in [0.5, 0.6) is 0 Å². The molecule has 0 bridgehead atoms. The number of amides is 4. The lowest BCUT2D eigenvalue weighted by molar-refractivity contribution is -0.125. The highest BCUT2D eigenvalue weighted by atomic mass is 32.2. The lowest BCUT2D eigenvalue weighted by Gasteiger charge is -2.11. The first kappa shape index (κ1) is 35.8. The number of carbonyl (C=O) groups is 4. The molecule has 0 atom stereocenters. The molecular weight excluding hydrogens is 633 g/mol. The fourth-order valence-electron chi connectivity index (χ4n) is 4.09. The number of nitrogens with one attached hydrogen (secondary N) is 5. The fourth-order valence-corrected chi connectivity index (χ4v) is 4.71. The molecule has 4 amide bonds. The number of nitrogens with zero attached hydrogens (tertiary/aromatic N) is 2. The van der Waals surface area contributed by atoms with Crippen molar-refractivity contribution in [1.29, 1.82) is 0 Å². The Morgan fingerprint density at radius 3 is 2.04 bits per heavy atom. The van der Waals surface area contributed by atoms with Gasteiger partial charge in [-0.15, -0.1) is 0 Å². The van der Waals surface area contributed by atoms with Crippen LogP contribution >= 0.6 is 12.6 Å². The zero-order chi connectivity index (χ0) is 33.7. The number of hydrogen-bond donors (Lipinski definition) is 7. The van der Waals surface area contributed by atoms with E-state index in [9.17, 15) is 27.6 Å². The van der Waals surface area contributed by atoms with E-state index in [2.05, 4.69) is 50.9 Å². The number of thiol groups is 1. The lowest BCUT2D eigenvalue weighted by Crippen LogP contribution is -2.41. The number of unbranched alkanes of at least 4 members (excludes halogenated alkanes) is 1. The molecule has 0 saturated carbocycles. The van der Waals surface area contributed by atoms with E-state index in [4.69, 9.17) is 5.14 Å². The van der Waals surface area contributed by atoms with E-state index in [1.165, 1.54) is 12.1 Å². The third-order valence-electron chi connectivity index (χ3n) is 6.48. The Bertz CT molecular complexity index is 1660. The Balaban J connectivity index is 1.36. The van der Waals surface area contributed by atoms with Gasteiger partial charge in [-0.25, -0.2) is 18.2 Å². The van der Waals surface area contributed by atoms with E-state index in [0.717, 1.165) is 17.0 Å². The van der Waals surface area contributed by atoms with E-state index in [1.807, 2.05) is 25.1 Å². The van der Waals surface area contributed by atoms with Crippen LogP contribution in [0, 0.1) is 6.92 Å². The summed E-state index contributed by atoms with van der Waals surface area (Å²) in [5.74, 6) is -1.17. The Morgan fingerprint density at radius 2 is 1.41 bits per heavy atom. The number of sulfonamides is 1. The molecular formula is C30H38N8O6S2. The van der Waals surface area contributed by atoms with Crippen molar-refractivity contribution in [2.24, 2.45) is 5.14 Å². The second-order valence-electron chi connectivity index (χ2n) is 10.2. The summed E-state index contributed by atoms with van der Waals surface area (Å²) in [6.07, 6.45) is 1.26. The monoisotopic (exact) mass is 670 g/mol. The Hall–Kier alpha value is -4.67. The van der Waals surface area contributed by atoms with Gasteiger partial charge >= 0.3 is 0 Å². The number of rotatable bonds is 17. The minimum atomic E-state index is -3.81. The quantitative estimate of drug-likeness (QED) is 0.0788. The zero-order valence-electron chi connectivity index (χ0n) is 25.3. The van der Waals surface area contributed by atoms with Gasteiger partial charge < -0.3 is 26.6 Å². The molecule has 14 nitrogen and oxygen atoms in total. The highest BCUT2D eigenvalue weighted by molar-refractivity contribution is 7.89. The SMILES string of the molecule is C=C(CNC(=O)CS)NCC(=O)NCC(=O)NCCCCNC(=O)c1ccc(-c2cc(C)nn2-c2ccc(S(N)(=O)=O)cc2)cc1. The van der Waals surface area contributed by atoms with Crippen molar-refractivity contribution in [2.75, 3.05) is 38.5 Å². The maximum atomic E-state index is 12.6. The predicted octanol–water partition coefficient (Wildman–Crippen LogP) is 0.387. The predicted molar refractivity (Wildman–Crippen MR) is 177 cm³/mol. The highest BCUT2D eigenvalue weighted by Gasteiger charge is 2.14. The zero-order valence-corrected chi connectivity index (χ0v) is 27.0. The minimum absolute atomic E-state index is 0.00529. The molecule has 0 fully saturated rings. The number of benzene rings is 2. The number of primary sulfonamides is 1. The Morgan fingerprint density at radius 1 is 0.826 bits per heavy atom. The van der Waals surface area contributed by atoms with Crippen LogP contribution in [0.1, 0.15) is 28.9 Å². The molecule has 3 rings (SSSR count). The van der Waals surface area contributed by atoms with Gasteiger partial charge in [-0.05, 0) is 62.2 Å². The van der Waals surface area contributed by atoms with Gasteiger partial charge in [0.1, 0.15) is 0 Å². The molecule has 0 aliphatic carbocycles. The highest BCUT2D eigenvalue weighted by Crippen LogP contribution is 2.25. The summed E-state index contributed by atoms with van der Waals surface area (Å²) in [7, 11) is -3.81. The number of aromatic nitrogens is 2. The van der Waals surface area contributed by atoms with Crippen LogP contribution < -0.4 is 31.7 Å². The standard InChI is InChI=1S/C30H38N8O6S2/c1-20-15-26(38(37-20)24-9-11-25(12-10-24)46(31,43)44)22-5-7-23(8-6-22)30(42)33-14-4-3-13-32-27(39)18-36-28(40)17-34-21(2)16-35-29(41)19-45/h5-12,15,34,45H,2-4,13-14,16-19H2,1H3,(H,32,39)(H,33,42)(H,35,41)(H,36,40)(H2,31,43,44). The van der Waals surface area contributed by atoms with Crippen molar-refractivity contribution in [3.8, 4) is 16.9 Å². The smallest absolute Gasteiger partial charge is 0.251 e. The van der Waals surface area contributed by atoms with E-state index in [1.54, 1.807) is 28.9 Å².